The van der Waals surface area contributed by atoms with Crippen LogP contribution in [0.4, 0.5) is 5.69 Å². The Morgan fingerprint density at radius 3 is 2.33 bits per heavy atom. The highest BCUT2D eigenvalue weighted by atomic mass is 32.2. The zero-order valence-corrected chi connectivity index (χ0v) is 23.2. The Kier molecular flexibility index (Phi) is 9.93. The van der Waals surface area contributed by atoms with Gasteiger partial charge in [0.15, 0.2) is 0 Å². The molecule has 0 spiro atoms. The number of hydrogen-bond donors (Lipinski definition) is 1. The molecule has 198 valence electrons. The van der Waals surface area contributed by atoms with Crippen molar-refractivity contribution < 1.29 is 22.7 Å². The van der Waals surface area contributed by atoms with Crippen molar-refractivity contribution in [3.8, 4) is 5.75 Å². The lowest BCUT2D eigenvalue weighted by Crippen LogP contribution is -2.52. The quantitative estimate of drug-likeness (QED) is 0.488. The van der Waals surface area contributed by atoms with E-state index < -0.39 is 21.6 Å². The Morgan fingerprint density at radius 2 is 1.75 bits per heavy atom. The minimum Gasteiger partial charge on any atom is -0.497 e. The number of nitrogens with one attached hydrogen (secondary N) is 1. The number of nitrogens with zero attached hydrogens (tertiary/aromatic N) is 2. The minimum absolute atomic E-state index is 0.0923. The van der Waals surface area contributed by atoms with Gasteiger partial charge in [-0.2, -0.15) is 0 Å². The van der Waals surface area contributed by atoms with E-state index in [0.29, 0.717) is 17.9 Å². The standard InChI is InChI=1S/C27H39N3O5S/c1-20-12-8-9-13-22(20)19-29(21(2)26(32)28-27(3,4)5)25(31)16-11-17-30(36(7,33)34)23-14-10-15-24(18-23)35-6/h8-10,12-15,18,21H,11,16-17,19H2,1-7H3,(H,28,32). The van der Waals surface area contributed by atoms with Crippen LogP contribution < -0.4 is 14.4 Å². The highest BCUT2D eigenvalue weighted by Gasteiger charge is 2.29. The molecule has 36 heavy (non-hydrogen) atoms. The summed E-state index contributed by atoms with van der Waals surface area (Å²) in [4.78, 5) is 27.9. The van der Waals surface area contributed by atoms with Crippen molar-refractivity contribution >= 4 is 27.5 Å². The molecule has 0 aromatic heterocycles. The highest BCUT2D eigenvalue weighted by molar-refractivity contribution is 7.92. The van der Waals surface area contributed by atoms with Gasteiger partial charge in [-0.15, -0.1) is 0 Å². The molecule has 1 atom stereocenters. The molecular weight excluding hydrogens is 478 g/mol. The molecule has 8 nitrogen and oxygen atoms in total. The monoisotopic (exact) mass is 517 g/mol. The Morgan fingerprint density at radius 1 is 1.08 bits per heavy atom. The third-order valence-electron chi connectivity index (χ3n) is 5.76. The van der Waals surface area contributed by atoms with Gasteiger partial charge < -0.3 is 15.0 Å². The molecule has 1 unspecified atom stereocenters. The number of ether oxygens (including phenoxy) is 1. The third kappa shape index (κ3) is 8.55. The van der Waals surface area contributed by atoms with Crippen LogP contribution in [0.5, 0.6) is 5.75 Å². The molecule has 9 heteroatoms. The van der Waals surface area contributed by atoms with Gasteiger partial charge in [0.2, 0.25) is 21.8 Å². The molecule has 2 aromatic rings. The first-order valence-electron chi connectivity index (χ1n) is 12.0. The molecule has 2 amide bonds. The largest absolute Gasteiger partial charge is 0.497 e. The van der Waals surface area contributed by atoms with Crippen LogP contribution >= 0.6 is 0 Å². The van der Waals surface area contributed by atoms with E-state index in [2.05, 4.69) is 5.32 Å². The van der Waals surface area contributed by atoms with Crippen LogP contribution in [0.25, 0.3) is 0 Å². The Balaban J connectivity index is 2.21. The summed E-state index contributed by atoms with van der Waals surface area (Å²) in [6, 6.07) is 13.8. The fourth-order valence-corrected chi connectivity index (χ4v) is 4.75. The molecule has 0 fully saturated rings. The van der Waals surface area contributed by atoms with E-state index in [1.807, 2.05) is 52.0 Å². The fourth-order valence-electron chi connectivity index (χ4n) is 3.80. The van der Waals surface area contributed by atoms with Crippen molar-refractivity contribution in [1.82, 2.24) is 10.2 Å². The van der Waals surface area contributed by atoms with Gasteiger partial charge in [-0.3, -0.25) is 13.9 Å². The Hall–Kier alpha value is -3.07. The molecular formula is C27H39N3O5S. The van der Waals surface area contributed by atoms with Crippen molar-refractivity contribution in [3.63, 3.8) is 0 Å². The first kappa shape index (κ1) is 29.2. The SMILES string of the molecule is COc1cccc(N(CCCC(=O)N(Cc2ccccc2C)C(C)C(=O)NC(C)(C)C)S(C)(=O)=O)c1. The van der Waals surface area contributed by atoms with Gasteiger partial charge in [0.1, 0.15) is 11.8 Å². The van der Waals surface area contributed by atoms with Gasteiger partial charge in [-0.25, -0.2) is 8.42 Å². The summed E-state index contributed by atoms with van der Waals surface area (Å²) in [5.74, 6) is 0.0906. The van der Waals surface area contributed by atoms with Crippen molar-refractivity contribution in [1.29, 1.82) is 0 Å². The first-order valence-corrected chi connectivity index (χ1v) is 13.9. The summed E-state index contributed by atoms with van der Waals surface area (Å²) in [5.41, 5.74) is 2.02. The molecule has 1 N–H and O–H groups in total. The van der Waals surface area contributed by atoms with Crippen molar-refractivity contribution in [3.05, 3.63) is 59.7 Å². The summed E-state index contributed by atoms with van der Waals surface area (Å²) < 4.78 is 31.5. The van der Waals surface area contributed by atoms with E-state index in [1.165, 1.54) is 11.4 Å². The zero-order chi connectivity index (χ0) is 27.1. The van der Waals surface area contributed by atoms with Gasteiger partial charge >= 0.3 is 0 Å². The molecule has 0 aliphatic heterocycles. The van der Waals surface area contributed by atoms with Crippen LogP contribution in [-0.4, -0.2) is 56.6 Å². The molecule has 0 bridgehead atoms. The Labute approximate surface area is 215 Å². The lowest BCUT2D eigenvalue weighted by Gasteiger charge is -2.32. The molecule has 0 heterocycles. The average Bonchev–Trinajstić information content (AvgIpc) is 2.78. The van der Waals surface area contributed by atoms with Crippen molar-refractivity contribution in [2.45, 2.75) is 65.6 Å². The van der Waals surface area contributed by atoms with Crippen LogP contribution in [0.2, 0.25) is 0 Å². The molecule has 0 radical (unpaired) electrons. The van der Waals surface area contributed by atoms with Crippen LogP contribution in [-0.2, 0) is 26.2 Å². The second-order valence-corrected chi connectivity index (χ2v) is 11.9. The first-order chi connectivity index (χ1) is 16.7. The lowest BCUT2D eigenvalue weighted by molar-refractivity contribution is -0.141. The summed E-state index contributed by atoms with van der Waals surface area (Å²) in [6.07, 6.45) is 1.52. The van der Waals surface area contributed by atoms with E-state index >= 15 is 0 Å². The lowest BCUT2D eigenvalue weighted by atomic mass is 10.1. The van der Waals surface area contributed by atoms with E-state index in [-0.39, 0.29) is 31.3 Å². The van der Waals surface area contributed by atoms with E-state index in [1.54, 1.807) is 36.1 Å². The molecule has 0 aliphatic rings. The molecule has 0 saturated carbocycles. The van der Waals surface area contributed by atoms with Gasteiger partial charge in [0.05, 0.1) is 19.1 Å². The number of carbonyl (C=O) groups excluding carboxylic acids is 2. The van der Waals surface area contributed by atoms with Gasteiger partial charge in [-0.1, -0.05) is 30.3 Å². The number of benzene rings is 2. The smallest absolute Gasteiger partial charge is 0.242 e. The minimum atomic E-state index is -3.58. The van der Waals surface area contributed by atoms with Crippen LogP contribution in [0.15, 0.2) is 48.5 Å². The maximum Gasteiger partial charge on any atom is 0.242 e. The second-order valence-electron chi connectivity index (χ2n) is 10.0. The normalized spacial score (nSPS) is 12.5. The third-order valence-corrected chi connectivity index (χ3v) is 6.95. The molecule has 2 rings (SSSR count). The number of methoxy groups -OCH3 is 1. The Bertz CT molecular complexity index is 1160. The maximum absolute atomic E-state index is 13.4. The number of sulfonamides is 1. The highest BCUT2D eigenvalue weighted by Crippen LogP contribution is 2.24. The van der Waals surface area contributed by atoms with Crippen molar-refractivity contribution in [2.75, 3.05) is 24.2 Å². The fraction of sp³-hybridized carbons (Fsp3) is 0.481. The van der Waals surface area contributed by atoms with Crippen LogP contribution in [0.3, 0.4) is 0 Å². The molecule has 0 saturated heterocycles. The summed E-state index contributed by atoms with van der Waals surface area (Å²) in [6.45, 7) is 9.77. The number of amides is 2. The van der Waals surface area contributed by atoms with Gasteiger partial charge in [0.25, 0.3) is 0 Å². The van der Waals surface area contributed by atoms with E-state index in [0.717, 1.165) is 17.4 Å². The number of aryl methyl sites for hydroxylation is 1. The van der Waals surface area contributed by atoms with Crippen LogP contribution in [0, 0.1) is 6.92 Å². The van der Waals surface area contributed by atoms with Crippen LogP contribution in [0.1, 0.15) is 51.7 Å². The number of rotatable bonds is 11. The number of hydrogen-bond acceptors (Lipinski definition) is 5. The van der Waals surface area contributed by atoms with Gasteiger partial charge in [-0.05, 0) is 64.3 Å². The van der Waals surface area contributed by atoms with Gasteiger partial charge in [0, 0.05) is 31.1 Å². The number of anilines is 1. The van der Waals surface area contributed by atoms with Crippen molar-refractivity contribution in [2.24, 2.45) is 0 Å². The summed E-state index contributed by atoms with van der Waals surface area (Å²) in [7, 11) is -2.06. The summed E-state index contributed by atoms with van der Waals surface area (Å²) in [5, 5.41) is 2.95. The molecule has 2 aromatic carbocycles. The van der Waals surface area contributed by atoms with E-state index in [9.17, 15) is 18.0 Å². The predicted molar refractivity (Wildman–Crippen MR) is 144 cm³/mol. The average molecular weight is 518 g/mol. The summed E-state index contributed by atoms with van der Waals surface area (Å²) >= 11 is 0. The van der Waals surface area contributed by atoms with E-state index in [4.69, 9.17) is 4.74 Å². The predicted octanol–water partition coefficient (Wildman–Crippen LogP) is 3.88. The topological polar surface area (TPSA) is 96.0 Å². The molecule has 0 aliphatic carbocycles. The number of carbonyl (C=O) groups is 2. The second kappa shape index (κ2) is 12.3. The maximum atomic E-state index is 13.4. The zero-order valence-electron chi connectivity index (χ0n) is 22.4.